The minimum atomic E-state index is -4.95. The molecule has 0 saturated carbocycles. The Hall–Kier alpha value is -4.52. The predicted octanol–water partition coefficient (Wildman–Crippen LogP) is 4.51. The molecule has 208 valence electrons. The number of hydrogen-bond donors (Lipinski definition) is 2. The summed E-state index contributed by atoms with van der Waals surface area (Å²) in [5.74, 6) is -2.28. The highest BCUT2D eigenvalue weighted by Gasteiger charge is 2.34. The van der Waals surface area contributed by atoms with Crippen LogP contribution < -0.4 is 15.5 Å². The number of aryl methyl sites for hydroxylation is 1. The number of pyridine rings is 1. The second kappa shape index (κ2) is 10.6. The van der Waals surface area contributed by atoms with E-state index in [1.807, 2.05) is 42.3 Å². The van der Waals surface area contributed by atoms with Crippen molar-refractivity contribution >= 4 is 34.3 Å². The van der Waals surface area contributed by atoms with Gasteiger partial charge in [0.1, 0.15) is 11.5 Å². The number of fused-ring (bicyclic) bond motifs is 1. The highest BCUT2D eigenvalue weighted by molar-refractivity contribution is 6.15. The number of carbonyl (C=O) groups excluding carboxylic acids is 2. The molecule has 2 N–H and O–H groups in total. The number of amides is 3. The van der Waals surface area contributed by atoms with Crippen molar-refractivity contribution in [1.29, 1.82) is 0 Å². The monoisotopic (exact) mass is 555 g/mol. The van der Waals surface area contributed by atoms with Gasteiger partial charge in [0.2, 0.25) is 0 Å². The second-order valence-electron chi connectivity index (χ2n) is 9.45. The maximum absolute atomic E-state index is 13.6. The Morgan fingerprint density at radius 3 is 2.35 bits per heavy atom. The van der Waals surface area contributed by atoms with Crippen molar-refractivity contribution in [1.82, 2.24) is 25.0 Å². The summed E-state index contributed by atoms with van der Waals surface area (Å²) in [7, 11) is 3.75. The van der Waals surface area contributed by atoms with E-state index in [2.05, 4.69) is 25.6 Å². The molecule has 1 aliphatic heterocycles. The number of alkyl halides is 3. The third kappa shape index (κ3) is 5.32. The number of rotatable bonds is 4. The number of urea groups is 1. The summed E-state index contributed by atoms with van der Waals surface area (Å²) < 4.78 is 54.5. The normalized spacial score (nSPS) is 14.4. The fraction of sp³-hybridized carbons (Fsp3) is 0.259. The molecule has 13 heteroatoms. The van der Waals surface area contributed by atoms with Gasteiger partial charge in [0.15, 0.2) is 5.65 Å². The number of carbonyl (C=O) groups is 2. The lowest BCUT2D eigenvalue weighted by molar-refractivity contribution is -0.139. The van der Waals surface area contributed by atoms with Crippen LogP contribution in [0.25, 0.3) is 22.3 Å². The smallest absolute Gasteiger partial charge is 0.368 e. The van der Waals surface area contributed by atoms with Crippen molar-refractivity contribution in [3.8, 4) is 11.3 Å². The Morgan fingerprint density at radius 1 is 0.975 bits per heavy atom. The molecule has 5 rings (SSSR count). The molecule has 0 aliphatic carbocycles. The van der Waals surface area contributed by atoms with Crippen molar-refractivity contribution < 1.29 is 27.2 Å². The van der Waals surface area contributed by atoms with Crippen LogP contribution in [0.15, 0.2) is 54.7 Å². The van der Waals surface area contributed by atoms with Crippen LogP contribution >= 0.6 is 0 Å². The molecule has 3 amide bonds. The number of halogens is 4. The van der Waals surface area contributed by atoms with E-state index in [4.69, 9.17) is 0 Å². The molecule has 0 spiro atoms. The molecule has 9 nitrogen and oxygen atoms in total. The lowest BCUT2D eigenvalue weighted by atomic mass is 10.0. The average molecular weight is 556 g/mol. The first kappa shape index (κ1) is 27.1. The van der Waals surface area contributed by atoms with E-state index in [-0.39, 0.29) is 11.3 Å². The van der Waals surface area contributed by atoms with Crippen LogP contribution in [-0.4, -0.2) is 64.8 Å². The maximum Gasteiger partial charge on any atom is 0.419 e. The maximum atomic E-state index is 13.6. The van der Waals surface area contributed by atoms with E-state index >= 15 is 0 Å². The van der Waals surface area contributed by atoms with Gasteiger partial charge in [0.05, 0.1) is 22.2 Å². The van der Waals surface area contributed by atoms with Gasteiger partial charge in [-0.05, 0) is 25.2 Å². The number of nitrogens with zero attached hydrogens (tertiary/aromatic N) is 5. The van der Waals surface area contributed by atoms with Crippen LogP contribution in [0.4, 0.5) is 33.7 Å². The fourth-order valence-corrected chi connectivity index (χ4v) is 4.68. The number of hydrogen-bond acceptors (Lipinski definition) is 6. The van der Waals surface area contributed by atoms with Gasteiger partial charge in [0, 0.05) is 50.7 Å². The lowest BCUT2D eigenvalue weighted by Gasteiger charge is -2.35. The van der Waals surface area contributed by atoms with E-state index in [0.717, 1.165) is 24.7 Å². The van der Waals surface area contributed by atoms with Crippen LogP contribution in [0.5, 0.6) is 0 Å². The number of imide groups is 1. The largest absolute Gasteiger partial charge is 0.419 e. The summed E-state index contributed by atoms with van der Waals surface area (Å²) in [5.41, 5.74) is 0.768. The topological polar surface area (TPSA) is 95.4 Å². The van der Waals surface area contributed by atoms with Gasteiger partial charge in [-0.3, -0.25) is 10.1 Å². The Morgan fingerprint density at radius 2 is 1.68 bits per heavy atom. The fourth-order valence-electron chi connectivity index (χ4n) is 4.68. The van der Waals surface area contributed by atoms with Gasteiger partial charge >= 0.3 is 12.2 Å². The number of nitrogens with one attached hydrogen (secondary N) is 2. The first-order valence-electron chi connectivity index (χ1n) is 12.4. The Labute approximate surface area is 226 Å². The number of likely N-dealkylation sites (N-methyl/N-ethyl adjacent to an activating group) is 1. The van der Waals surface area contributed by atoms with Crippen molar-refractivity contribution in [2.45, 2.75) is 6.18 Å². The molecule has 1 aliphatic rings. The number of piperazine rings is 1. The van der Waals surface area contributed by atoms with Gasteiger partial charge in [-0.2, -0.15) is 18.3 Å². The summed E-state index contributed by atoms with van der Waals surface area (Å²) >= 11 is 0. The Balaban J connectivity index is 1.52. The van der Waals surface area contributed by atoms with Crippen molar-refractivity contribution in [2.75, 3.05) is 43.4 Å². The quantitative estimate of drug-likeness (QED) is 0.360. The number of anilines is 2. The van der Waals surface area contributed by atoms with Crippen molar-refractivity contribution in [3.05, 3.63) is 71.7 Å². The minimum absolute atomic E-state index is 0.104. The average Bonchev–Trinajstić information content (AvgIpc) is 3.26. The summed E-state index contributed by atoms with van der Waals surface area (Å²) in [4.78, 5) is 34.7. The molecule has 2 aromatic carbocycles. The van der Waals surface area contributed by atoms with Gasteiger partial charge in [-0.1, -0.05) is 30.3 Å². The molecule has 0 radical (unpaired) electrons. The molecule has 1 fully saturated rings. The Bertz CT molecular complexity index is 1580. The molecule has 3 heterocycles. The highest BCUT2D eigenvalue weighted by Crippen LogP contribution is 2.37. The van der Waals surface area contributed by atoms with Gasteiger partial charge in [-0.15, -0.1) is 0 Å². The van der Waals surface area contributed by atoms with Gasteiger partial charge in [0.25, 0.3) is 5.91 Å². The zero-order valence-corrected chi connectivity index (χ0v) is 21.6. The molecule has 0 bridgehead atoms. The SMILES string of the molecule is CN1CCN(c2c(C(=O)NC(=O)Nc3ccc(F)c(C(F)(F)F)c3)cnc3c2c(-c2ccccc2)nn3C)CC1. The van der Waals surface area contributed by atoms with Crippen LogP contribution in [0, 0.1) is 5.82 Å². The molecule has 2 aromatic heterocycles. The van der Waals surface area contributed by atoms with E-state index in [0.29, 0.717) is 47.6 Å². The molecule has 1 saturated heterocycles. The number of benzene rings is 2. The third-order valence-corrected chi connectivity index (χ3v) is 6.69. The molecule has 0 atom stereocenters. The van der Waals surface area contributed by atoms with Crippen LogP contribution in [0.3, 0.4) is 0 Å². The summed E-state index contributed by atoms with van der Waals surface area (Å²) in [6.45, 7) is 2.67. The van der Waals surface area contributed by atoms with Gasteiger partial charge < -0.3 is 15.1 Å². The summed E-state index contributed by atoms with van der Waals surface area (Å²) in [5, 5.41) is 9.64. The summed E-state index contributed by atoms with van der Waals surface area (Å²) in [6.07, 6.45) is -3.60. The molecule has 0 unspecified atom stereocenters. The van der Waals surface area contributed by atoms with E-state index in [1.54, 1.807) is 11.7 Å². The highest BCUT2D eigenvalue weighted by atomic mass is 19.4. The second-order valence-corrected chi connectivity index (χ2v) is 9.45. The van der Waals surface area contributed by atoms with Crippen LogP contribution in [0.1, 0.15) is 15.9 Å². The zero-order valence-electron chi connectivity index (χ0n) is 21.6. The minimum Gasteiger partial charge on any atom is -0.368 e. The summed E-state index contributed by atoms with van der Waals surface area (Å²) in [6, 6.07) is 10.4. The zero-order chi connectivity index (χ0) is 28.6. The van der Waals surface area contributed by atoms with Crippen LogP contribution in [-0.2, 0) is 13.2 Å². The predicted molar refractivity (Wildman–Crippen MR) is 142 cm³/mol. The lowest BCUT2D eigenvalue weighted by Crippen LogP contribution is -2.45. The van der Waals surface area contributed by atoms with Crippen LogP contribution in [0.2, 0.25) is 0 Å². The molecular formula is C27H25F4N7O2. The third-order valence-electron chi connectivity index (χ3n) is 6.69. The first-order chi connectivity index (χ1) is 19.0. The van der Waals surface area contributed by atoms with Crippen molar-refractivity contribution in [2.24, 2.45) is 7.05 Å². The van der Waals surface area contributed by atoms with E-state index in [9.17, 15) is 27.2 Å². The van der Waals surface area contributed by atoms with Crippen molar-refractivity contribution in [3.63, 3.8) is 0 Å². The van der Waals surface area contributed by atoms with Gasteiger partial charge in [-0.25, -0.2) is 18.9 Å². The van der Waals surface area contributed by atoms with E-state index < -0.39 is 29.5 Å². The van der Waals surface area contributed by atoms with E-state index in [1.165, 1.54) is 6.20 Å². The number of aromatic nitrogens is 3. The molecule has 4 aromatic rings. The molecular weight excluding hydrogens is 530 g/mol. The Kier molecular flexibility index (Phi) is 7.15. The standard InChI is InChI=1S/C27H25F4N7O2/c1-36-10-12-38(13-11-36)23-18(15-32-24-21(23)22(35-37(24)2)16-6-4-3-5-7-16)25(39)34-26(40)33-17-8-9-20(28)19(14-17)27(29,30)31/h3-9,14-15H,10-13H2,1-2H3,(H2,33,34,39,40). The molecule has 40 heavy (non-hydrogen) atoms. The first-order valence-corrected chi connectivity index (χ1v) is 12.4.